The molecule has 4 heterocycles. The van der Waals surface area contributed by atoms with Gasteiger partial charge in [0.15, 0.2) is 51.9 Å². The van der Waals surface area contributed by atoms with Gasteiger partial charge in [-0.25, -0.2) is 22.8 Å². The van der Waals surface area contributed by atoms with Crippen molar-refractivity contribution in [1.82, 2.24) is 5.32 Å². The summed E-state index contributed by atoms with van der Waals surface area (Å²) >= 11 is 5.36. The van der Waals surface area contributed by atoms with Crippen molar-refractivity contribution in [3.05, 3.63) is 312 Å². The van der Waals surface area contributed by atoms with Gasteiger partial charge in [-0.2, -0.15) is 0 Å². The van der Waals surface area contributed by atoms with Crippen molar-refractivity contribution in [2.45, 2.75) is 13.8 Å². The Kier molecular flexibility index (Phi) is 27.4. The number of carbonyl (C=O) groups is 4. The number of thiophene rings is 4. The number of phenols is 8. The number of phenolic OH excluding ortho intramolecular Hbond substituents is 8. The predicted octanol–water partition coefficient (Wildman–Crippen LogP) is 23.8. The van der Waals surface area contributed by atoms with Crippen LogP contribution in [-0.4, -0.2) is 85.4 Å². The maximum absolute atomic E-state index is 14.6. The second-order valence-corrected chi connectivity index (χ2v) is 31.2. The summed E-state index contributed by atoms with van der Waals surface area (Å²) in [7, 11) is 2.85. The molecule has 124 heavy (non-hydrogen) atoms. The highest BCUT2D eigenvalue weighted by atomic mass is 32.1. The van der Waals surface area contributed by atoms with E-state index in [2.05, 4.69) is 10.1 Å². The molecule has 2 amide bonds. The largest absolute Gasteiger partial charge is 0.508 e. The number of nitrogens with two attached hydrogens (primary N) is 1. The maximum atomic E-state index is 14.6. The molecule has 16 aromatic rings. The highest BCUT2D eigenvalue weighted by Crippen LogP contribution is 2.53. The zero-order valence-electron chi connectivity index (χ0n) is 65.9. The minimum Gasteiger partial charge on any atom is -0.508 e. The highest BCUT2D eigenvalue weighted by Gasteiger charge is 2.26. The molecule has 0 aliphatic heterocycles. The third-order valence-corrected chi connectivity index (χ3v) is 23.2. The second kappa shape index (κ2) is 39.3. The van der Waals surface area contributed by atoms with Gasteiger partial charge in [0.1, 0.15) is 57.5 Å². The molecule has 0 aliphatic rings. The minimum atomic E-state index is -1.10. The van der Waals surface area contributed by atoms with Crippen LogP contribution in [-0.2, 0) is 28.7 Å². The molecule has 0 fully saturated rings. The van der Waals surface area contributed by atoms with Crippen LogP contribution in [0.25, 0.3) is 106 Å². The van der Waals surface area contributed by atoms with Crippen molar-refractivity contribution < 1.29 is 102 Å². The quantitative estimate of drug-likeness (QED) is 0.0236. The average molecular weight is 1740 g/mol. The van der Waals surface area contributed by atoms with E-state index in [9.17, 15) is 73.2 Å². The van der Waals surface area contributed by atoms with Gasteiger partial charge in [0.2, 0.25) is 11.8 Å². The van der Waals surface area contributed by atoms with Crippen LogP contribution in [0.5, 0.6) is 92.0 Å². The van der Waals surface area contributed by atoms with Gasteiger partial charge in [-0.05, 0) is 288 Å². The van der Waals surface area contributed by atoms with Crippen LogP contribution in [0.15, 0.2) is 267 Å². The van der Waals surface area contributed by atoms with E-state index in [1.807, 2.05) is 97.9 Å². The topological polar surface area (TPSA) is 324 Å². The SMILES string of the molecule is CCOC(=O)/C=C/c1ccc(Oc2c(-c3ccc(O)cc3)sc3cc(O)ccc23)cc1C.CNC(=O)/C=C/c1ccc(Oc2c(-c3ccc(O)c(F)c3)sc3cc(O)ccc23)cc1.COC(=O)/C=C/c1ccc(Oc2c(-c3ccc(O)cc3)sc3c(F)c(O)c(F)cc23)cc1.NC(=O)/C=C/c1ccc(Oc2c(-c3ccc(O)cc3)sc3cc(O)ccc23)cc1. The van der Waals surface area contributed by atoms with Gasteiger partial charge < -0.3 is 80.3 Å². The number of methoxy groups -OCH3 is 1. The summed E-state index contributed by atoms with van der Waals surface area (Å²) in [6.07, 6.45) is 12.1. The van der Waals surface area contributed by atoms with Gasteiger partial charge in [0.25, 0.3) is 0 Å². The van der Waals surface area contributed by atoms with E-state index in [0.29, 0.717) is 67.7 Å². The van der Waals surface area contributed by atoms with Crippen LogP contribution >= 0.6 is 45.3 Å². The van der Waals surface area contributed by atoms with Crippen LogP contribution in [0.3, 0.4) is 0 Å². The molecule has 0 bridgehead atoms. The van der Waals surface area contributed by atoms with Crippen molar-refractivity contribution in [2.75, 3.05) is 20.8 Å². The first-order valence-electron chi connectivity index (χ1n) is 37.6. The Morgan fingerprint density at radius 2 is 0.774 bits per heavy atom. The fourth-order valence-electron chi connectivity index (χ4n) is 12.3. The van der Waals surface area contributed by atoms with Gasteiger partial charge >= 0.3 is 11.9 Å². The molecule has 27 heteroatoms. The number of hydrogen-bond donors (Lipinski definition) is 10. The van der Waals surface area contributed by atoms with E-state index in [4.69, 9.17) is 29.4 Å². The smallest absolute Gasteiger partial charge is 0.330 e. The summed E-state index contributed by atoms with van der Waals surface area (Å²) in [4.78, 5) is 48.0. The number of hydrogen-bond acceptors (Lipinski definition) is 22. The molecule has 0 saturated carbocycles. The lowest BCUT2D eigenvalue weighted by atomic mass is 10.1. The number of aromatic hydroxyl groups is 8. The Bertz CT molecular complexity index is 6760. The van der Waals surface area contributed by atoms with Crippen molar-refractivity contribution in [3.8, 4) is 134 Å². The number of esters is 2. The number of aryl methyl sites for hydroxylation is 1. The van der Waals surface area contributed by atoms with Crippen molar-refractivity contribution in [3.63, 3.8) is 0 Å². The molecule has 12 aromatic carbocycles. The predicted molar refractivity (Wildman–Crippen MR) is 481 cm³/mol. The zero-order valence-corrected chi connectivity index (χ0v) is 69.2. The molecule has 0 radical (unpaired) electrons. The van der Waals surface area contributed by atoms with E-state index in [0.717, 1.165) is 96.4 Å². The lowest BCUT2D eigenvalue weighted by Crippen LogP contribution is -2.13. The number of rotatable bonds is 21. The third kappa shape index (κ3) is 21.3. The monoisotopic (exact) mass is 1740 g/mol. The molecule has 0 unspecified atom stereocenters. The molecule has 11 N–H and O–H groups in total. The van der Waals surface area contributed by atoms with Gasteiger partial charge in [-0.1, -0.05) is 42.5 Å². The number of nitrogens with one attached hydrogen (secondary N) is 1. The van der Waals surface area contributed by atoms with Gasteiger partial charge in [-0.3, -0.25) is 9.59 Å². The van der Waals surface area contributed by atoms with Crippen LogP contribution < -0.4 is 30.0 Å². The maximum Gasteiger partial charge on any atom is 0.330 e. The summed E-state index contributed by atoms with van der Waals surface area (Å²) in [6, 6.07) is 67.3. The number of amides is 2. The third-order valence-electron chi connectivity index (χ3n) is 18.5. The van der Waals surface area contributed by atoms with Crippen molar-refractivity contribution in [2.24, 2.45) is 5.73 Å². The Morgan fingerprint density at radius 3 is 1.19 bits per heavy atom. The number of primary amides is 1. The van der Waals surface area contributed by atoms with Gasteiger partial charge in [-0.15, -0.1) is 45.3 Å². The van der Waals surface area contributed by atoms with Crippen molar-refractivity contribution >= 4 is 134 Å². The number of carbonyl (C=O) groups excluding carboxylic acids is 4. The minimum absolute atomic E-state index is 0.0413. The van der Waals surface area contributed by atoms with Crippen molar-refractivity contribution in [1.29, 1.82) is 0 Å². The molecule has 0 spiro atoms. The highest BCUT2D eigenvalue weighted by molar-refractivity contribution is 7.24. The molecule has 624 valence electrons. The Hall–Kier alpha value is -15.3. The molecule has 0 atom stereocenters. The standard InChI is InChI=1S/C26H22O5S.C24H16F2O5S.C24H18FNO4S.C23H17NO4S/c1-3-30-24(29)13-7-17-6-11-21(14-16(17)2)31-25-22-12-10-20(28)15-23(22)32-26(25)18-4-8-19(27)9-5-18;1-30-19(28)11-4-13-2-9-16(10-3-13)31-22-17-12-18(25)21(29)20(26)24(17)32-23(22)14-5-7-15(27)8-6-14;1-26-22(29)11-4-14-2-7-17(8-3-14)30-23-18-9-6-16(27)13-21(18)31-24(23)15-5-10-20(28)19(25)12-15;24-21(27)12-3-14-1-9-18(10-2-14)28-22-19-11-8-17(26)13-20(19)29-23(22)15-4-6-16(25)7-5-15/h4-15,27-28H,3H2,1-2H3;2-12,27,29H,1H3;2-13,27-28H,1H3,(H,26,29);1-13,25-26H,(H2,24,27)/b13-7+;2*11-4+;12-3+. The van der Waals surface area contributed by atoms with E-state index in [-0.39, 0.29) is 62.2 Å². The Balaban J connectivity index is 0.000000142. The molecular formula is C97H73F3N2O18S4. The summed E-state index contributed by atoms with van der Waals surface area (Å²) in [5, 5.41) is 82.9. The number of likely N-dealkylation sites (N-methyl/N-ethyl adjacent to an activating group) is 1. The molecular weight excluding hydrogens is 1670 g/mol. The van der Waals surface area contributed by atoms with E-state index >= 15 is 0 Å². The van der Waals surface area contributed by atoms with Gasteiger partial charge in [0.05, 0.1) is 37.9 Å². The summed E-state index contributed by atoms with van der Waals surface area (Å²) < 4.78 is 79.5. The fraction of sp³-hybridized carbons (Fsp3) is 0.0515. The van der Waals surface area contributed by atoms with E-state index in [1.54, 1.807) is 160 Å². The first-order chi connectivity index (χ1) is 59.7. The van der Waals surface area contributed by atoms with E-state index < -0.39 is 40.8 Å². The lowest BCUT2D eigenvalue weighted by molar-refractivity contribution is -0.137. The summed E-state index contributed by atoms with van der Waals surface area (Å²) in [5.74, 6) is -0.639. The Morgan fingerprint density at radius 1 is 0.395 bits per heavy atom. The van der Waals surface area contributed by atoms with Gasteiger partial charge in [0, 0.05) is 67.0 Å². The average Bonchev–Trinajstić information content (AvgIpc) is 1.62. The van der Waals surface area contributed by atoms with Crippen LogP contribution in [0.4, 0.5) is 13.2 Å². The molecule has 4 aromatic heterocycles. The fourth-order valence-corrected chi connectivity index (χ4v) is 16.9. The number of ether oxygens (including phenoxy) is 6. The summed E-state index contributed by atoms with van der Waals surface area (Å²) in [5.41, 5.74) is 12.3. The van der Waals surface area contributed by atoms with E-state index in [1.165, 1.54) is 89.7 Å². The van der Waals surface area contributed by atoms with Crippen LogP contribution in [0.2, 0.25) is 0 Å². The normalized spacial score (nSPS) is 11.2. The molecule has 16 rings (SSSR count). The molecule has 0 aliphatic carbocycles. The zero-order chi connectivity index (χ0) is 87.8. The Labute approximate surface area is 722 Å². The molecule has 0 saturated heterocycles. The van der Waals surface area contributed by atoms with Crippen LogP contribution in [0.1, 0.15) is 34.7 Å². The first-order valence-corrected chi connectivity index (χ1v) is 40.9. The number of benzene rings is 12. The molecule has 20 nitrogen and oxygen atoms in total. The van der Waals surface area contributed by atoms with Crippen LogP contribution in [0, 0.1) is 24.4 Å². The second-order valence-electron chi connectivity index (χ2n) is 27.0. The first kappa shape index (κ1) is 86.6. The number of halogens is 3. The lowest BCUT2D eigenvalue weighted by Gasteiger charge is -2.10. The summed E-state index contributed by atoms with van der Waals surface area (Å²) in [6.45, 7) is 4.05. The number of fused-ring (bicyclic) bond motifs is 4.